The number of allylic oxidation sites excluding steroid dienone is 7. The van der Waals surface area contributed by atoms with E-state index < -0.39 is 15.4 Å². The van der Waals surface area contributed by atoms with E-state index in [-0.39, 0.29) is 4.91 Å². The minimum absolute atomic E-state index is 0.275. The minimum atomic E-state index is -3.50. The molecule has 4 heteroatoms. The number of hydrogen-bond donors (Lipinski definition) is 0. The van der Waals surface area contributed by atoms with Crippen LogP contribution in [0.2, 0.25) is 0 Å². The van der Waals surface area contributed by atoms with Crippen molar-refractivity contribution < 1.29 is 13.2 Å². The van der Waals surface area contributed by atoms with Gasteiger partial charge in [0.05, 0.1) is 15.4 Å². The van der Waals surface area contributed by atoms with Gasteiger partial charge >= 0.3 is 0 Å². The van der Waals surface area contributed by atoms with Gasteiger partial charge in [-0.05, 0) is 52.3 Å². The average Bonchev–Trinajstić information content (AvgIpc) is 2.64. The summed E-state index contributed by atoms with van der Waals surface area (Å²) >= 11 is 0. The molecule has 0 saturated heterocycles. The van der Waals surface area contributed by atoms with Crippen LogP contribution in [0.1, 0.15) is 34.1 Å². The number of sulfone groups is 1. The fourth-order valence-electron chi connectivity index (χ4n) is 1.72. The highest BCUT2D eigenvalue weighted by Crippen LogP contribution is 2.24. The van der Waals surface area contributed by atoms with Crippen LogP contribution in [0.5, 0.6) is 0 Å². The first-order valence-electron chi connectivity index (χ1n) is 6.93. The maximum Gasteiger partial charge on any atom is 0.206 e. The first-order chi connectivity index (χ1) is 9.73. The molecule has 0 spiro atoms. The Morgan fingerprint density at radius 3 is 2.57 bits per heavy atom. The standard InChI is InChI=1S/C17H24O3S/c1-6-15(12-13-17(3,4)20-5)21(18,19)16-9-7-8-14(2)10-11-16/h6-7,9-13H,8H2,1-5H3/b13-12-,15-6+. The van der Waals surface area contributed by atoms with Crippen molar-refractivity contribution in [2.45, 2.75) is 39.7 Å². The summed E-state index contributed by atoms with van der Waals surface area (Å²) in [7, 11) is -1.91. The van der Waals surface area contributed by atoms with Crippen molar-refractivity contribution in [2.75, 3.05) is 7.11 Å². The molecule has 0 aromatic rings. The molecule has 0 saturated carbocycles. The van der Waals surface area contributed by atoms with Crippen LogP contribution in [-0.4, -0.2) is 21.1 Å². The third-order valence-electron chi connectivity index (χ3n) is 3.33. The molecule has 0 unspecified atom stereocenters. The van der Waals surface area contributed by atoms with Crippen molar-refractivity contribution >= 4 is 9.84 Å². The summed E-state index contributed by atoms with van der Waals surface area (Å²) in [5.41, 5.74) is 0.628. The highest BCUT2D eigenvalue weighted by atomic mass is 32.2. The van der Waals surface area contributed by atoms with E-state index in [2.05, 4.69) is 0 Å². The van der Waals surface area contributed by atoms with E-state index >= 15 is 0 Å². The maximum absolute atomic E-state index is 12.7. The number of ether oxygens (including phenoxy) is 1. The summed E-state index contributed by atoms with van der Waals surface area (Å²) in [6.07, 6.45) is 12.8. The van der Waals surface area contributed by atoms with Crippen molar-refractivity contribution in [3.05, 3.63) is 57.9 Å². The molecule has 3 nitrogen and oxygen atoms in total. The Labute approximate surface area is 128 Å². The van der Waals surface area contributed by atoms with E-state index in [0.29, 0.717) is 4.91 Å². The molecule has 0 amide bonds. The third kappa shape index (κ3) is 4.83. The van der Waals surface area contributed by atoms with E-state index in [1.807, 2.05) is 32.9 Å². The van der Waals surface area contributed by atoms with Crippen molar-refractivity contribution in [2.24, 2.45) is 0 Å². The largest absolute Gasteiger partial charge is 0.375 e. The zero-order valence-electron chi connectivity index (χ0n) is 13.4. The molecule has 0 atom stereocenters. The second kappa shape index (κ2) is 7.05. The summed E-state index contributed by atoms with van der Waals surface area (Å²) in [6, 6.07) is 0. The highest BCUT2D eigenvalue weighted by Gasteiger charge is 2.20. The summed E-state index contributed by atoms with van der Waals surface area (Å²) in [4.78, 5) is 0.587. The van der Waals surface area contributed by atoms with Crippen molar-refractivity contribution in [3.8, 4) is 0 Å². The van der Waals surface area contributed by atoms with E-state index in [9.17, 15) is 8.42 Å². The lowest BCUT2D eigenvalue weighted by Crippen LogP contribution is -2.18. The molecule has 1 aliphatic rings. The van der Waals surface area contributed by atoms with Gasteiger partial charge in [0.2, 0.25) is 9.84 Å². The minimum Gasteiger partial charge on any atom is -0.375 e. The van der Waals surface area contributed by atoms with Gasteiger partial charge in [-0.1, -0.05) is 29.9 Å². The van der Waals surface area contributed by atoms with Crippen LogP contribution < -0.4 is 0 Å². The van der Waals surface area contributed by atoms with Gasteiger partial charge in [0.25, 0.3) is 0 Å². The Morgan fingerprint density at radius 2 is 2.00 bits per heavy atom. The predicted molar refractivity (Wildman–Crippen MR) is 88.5 cm³/mol. The van der Waals surface area contributed by atoms with E-state index in [1.54, 1.807) is 44.4 Å². The Balaban J connectivity index is 3.17. The summed E-state index contributed by atoms with van der Waals surface area (Å²) in [6.45, 7) is 7.45. The van der Waals surface area contributed by atoms with Gasteiger partial charge in [0, 0.05) is 7.11 Å². The van der Waals surface area contributed by atoms with Crippen molar-refractivity contribution in [1.29, 1.82) is 0 Å². The molecule has 21 heavy (non-hydrogen) atoms. The van der Waals surface area contributed by atoms with Gasteiger partial charge in [0.1, 0.15) is 0 Å². The summed E-state index contributed by atoms with van der Waals surface area (Å²) < 4.78 is 30.6. The zero-order valence-corrected chi connectivity index (χ0v) is 14.2. The molecule has 0 N–H and O–H groups in total. The molecule has 1 aliphatic carbocycles. The van der Waals surface area contributed by atoms with Gasteiger partial charge in [-0.3, -0.25) is 0 Å². The van der Waals surface area contributed by atoms with Crippen LogP contribution in [0.4, 0.5) is 0 Å². The summed E-state index contributed by atoms with van der Waals surface area (Å²) in [5, 5.41) is 0. The van der Waals surface area contributed by atoms with Crippen molar-refractivity contribution in [3.63, 3.8) is 0 Å². The molecule has 0 fully saturated rings. The Bertz CT molecular complexity index is 627. The molecule has 0 aromatic heterocycles. The molecular formula is C17H24O3S. The second-order valence-corrected chi connectivity index (χ2v) is 7.47. The van der Waals surface area contributed by atoms with E-state index in [0.717, 1.165) is 12.0 Å². The second-order valence-electron chi connectivity index (χ2n) is 5.52. The number of hydrogen-bond acceptors (Lipinski definition) is 3. The molecule has 116 valence electrons. The zero-order chi connectivity index (χ0) is 16.1. The lowest BCUT2D eigenvalue weighted by atomic mass is 10.1. The van der Waals surface area contributed by atoms with Crippen LogP contribution in [0.3, 0.4) is 0 Å². The molecule has 0 heterocycles. The van der Waals surface area contributed by atoms with E-state index in [1.165, 1.54) is 0 Å². The number of methoxy groups -OCH3 is 1. The first-order valence-corrected chi connectivity index (χ1v) is 8.41. The Morgan fingerprint density at radius 1 is 1.33 bits per heavy atom. The molecule has 0 aromatic carbocycles. The molecule has 1 rings (SSSR count). The lowest BCUT2D eigenvalue weighted by Gasteiger charge is -2.18. The van der Waals surface area contributed by atoms with Crippen molar-refractivity contribution in [1.82, 2.24) is 0 Å². The topological polar surface area (TPSA) is 43.4 Å². The average molecular weight is 308 g/mol. The van der Waals surface area contributed by atoms with Crippen LogP contribution >= 0.6 is 0 Å². The van der Waals surface area contributed by atoms with Gasteiger partial charge in [-0.25, -0.2) is 8.42 Å². The highest BCUT2D eigenvalue weighted by molar-refractivity contribution is 7.99. The smallest absolute Gasteiger partial charge is 0.206 e. The molecule has 0 aliphatic heterocycles. The SMILES string of the molecule is C/C=C(\C=C/C(C)(C)OC)S(=O)(=O)C1=CC=C(C)CC=C1. The Hall–Kier alpha value is -1.39. The quantitative estimate of drug-likeness (QED) is 0.719. The van der Waals surface area contributed by atoms with Crippen LogP contribution in [0, 0.1) is 0 Å². The van der Waals surface area contributed by atoms with Crippen LogP contribution in [0.15, 0.2) is 57.9 Å². The van der Waals surface area contributed by atoms with Crippen LogP contribution in [0.25, 0.3) is 0 Å². The summed E-state index contributed by atoms with van der Waals surface area (Å²) in [5.74, 6) is 0. The molecule has 0 radical (unpaired) electrons. The number of rotatable bonds is 5. The van der Waals surface area contributed by atoms with Gasteiger partial charge in [0.15, 0.2) is 0 Å². The third-order valence-corrected chi connectivity index (χ3v) is 5.22. The fraction of sp³-hybridized carbons (Fsp3) is 0.412. The predicted octanol–water partition coefficient (Wildman–Crippen LogP) is 4.08. The van der Waals surface area contributed by atoms with E-state index in [4.69, 9.17) is 4.74 Å². The monoisotopic (exact) mass is 308 g/mol. The molecule has 0 bridgehead atoms. The first kappa shape index (κ1) is 17.7. The fourth-order valence-corrected chi connectivity index (χ4v) is 3.07. The van der Waals surface area contributed by atoms with Gasteiger partial charge < -0.3 is 4.74 Å². The van der Waals surface area contributed by atoms with Gasteiger partial charge in [-0.15, -0.1) is 0 Å². The maximum atomic E-state index is 12.7. The van der Waals surface area contributed by atoms with Gasteiger partial charge in [-0.2, -0.15) is 0 Å². The lowest BCUT2D eigenvalue weighted by molar-refractivity contribution is 0.0656. The van der Waals surface area contributed by atoms with Crippen LogP contribution in [-0.2, 0) is 14.6 Å². The Kier molecular flexibility index (Phi) is 5.93. The normalized spacial score (nSPS) is 17.7. The molecular weight excluding hydrogens is 284 g/mol.